The van der Waals surface area contributed by atoms with Gasteiger partial charge in [-0.15, -0.1) is 0 Å². The molecular weight excluding hydrogens is 340 g/mol. The summed E-state index contributed by atoms with van der Waals surface area (Å²) >= 11 is 1.05. The van der Waals surface area contributed by atoms with Crippen LogP contribution in [-0.4, -0.2) is 32.4 Å². The van der Waals surface area contributed by atoms with E-state index in [-0.39, 0.29) is 17.7 Å². The molecule has 2 aromatic carbocycles. The van der Waals surface area contributed by atoms with E-state index in [4.69, 9.17) is 5.21 Å². The van der Waals surface area contributed by atoms with Crippen LogP contribution in [0.3, 0.4) is 0 Å². The number of hydrogen-bond acceptors (Lipinski definition) is 5. The zero-order valence-corrected chi connectivity index (χ0v) is 14.0. The first-order valence-corrected chi connectivity index (χ1v) is 8.55. The van der Waals surface area contributed by atoms with Crippen LogP contribution >= 0.6 is 11.8 Å². The monoisotopic (exact) mass is 356 g/mol. The van der Waals surface area contributed by atoms with Crippen molar-refractivity contribution < 1.29 is 19.6 Å². The molecule has 128 valence electrons. The van der Waals surface area contributed by atoms with E-state index in [9.17, 15) is 14.4 Å². The highest BCUT2D eigenvalue weighted by molar-refractivity contribution is 8.15. The zero-order chi connectivity index (χ0) is 17.8. The molecule has 0 spiro atoms. The second-order valence-electron chi connectivity index (χ2n) is 5.62. The van der Waals surface area contributed by atoms with Crippen LogP contribution in [0.15, 0.2) is 54.6 Å². The Hall–Kier alpha value is -2.64. The number of rotatable bonds is 5. The fraction of sp³-hybridized carbons (Fsp3) is 0.167. The quantitative estimate of drug-likeness (QED) is 0.635. The Morgan fingerprint density at radius 3 is 2.36 bits per heavy atom. The number of nitrogens with one attached hydrogen (secondary N) is 1. The predicted octanol–water partition coefficient (Wildman–Crippen LogP) is 2.61. The molecule has 1 aliphatic rings. The Kier molecular flexibility index (Phi) is 5.16. The van der Waals surface area contributed by atoms with E-state index in [1.54, 1.807) is 17.6 Å². The average molecular weight is 356 g/mol. The van der Waals surface area contributed by atoms with Crippen molar-refractivity contribution in [1.82, 2.24) is 10.4 Å². The van der Waals surface area contributed by atoms with Crippen molar-refractivity contribution in [3.05, 3.63) is 71.3 Å². The molecule has 1 unspecified atom stereocenters. The van der Waals surface area contributed by atoms with Gasteiger partial charge in [-0.25, -0.2) is 5.48 Å². The normalized spacial score (nSPS) is 17.0. The number of amides is 3. The second-order valence-corrected chi connectivity index (χ2v) is 6.78. The van der Waals surface area contributed by atoms with E-state index in [1.807, 2.05) is 30.3 Å². The van der Waals surface area contributed by atoms with Gasteiger partial charge in [0, 0.05) is 5.56 Å². The Morgan fingerprint density at radius 2 is 1.72 bits per heavy atom. The maximum Gasteiger partial charge on any atom is 0.289 e. The van der Waals surface area contributed by atoms with Crippen molar-refractivity contribution >= 4 is 28.8 Å². The van der Waals surface area contributed by atoms with Crippen LogP contribution in [0.25, 0.3) is 0 Å². The van der Waals surface area contributed by atoms with E-state index >= 15 is 0 Å². The van der Waals surface area contributed by atoms with Gasteiger partial charge in [-0.2, -0.15) is 0 Å². The Morgan fingerprint density at radius 1 is 1.04 bits per heavy atom. The fourth-order valence-corrected chi connectivity index (χ4v) is 3.64. The lowest BCUT2D eigenvalue weighted by Gasteiger charge is -2.14. The van der Waals surface area contributed by atoms with E-state index in [0.29, 0.717) is 12.0 Å². The van der Waals surface area contributed by atoms with Gasteiger partial charge in [0.1, 0.15) is 0 Å². The molecule has 3 rings (SSSR count). The summed E-state index contributed by atoms with van der Waals surface area (Å²) in [5.74, 6) is -0.811. The maximum atomic E-state index is 12.5. The van der Waals surface area contributed by atoms with E-state index < -0.39 is 11.2 Å². The standard InChI is InChI=1S/C18H16N2O4S/c21-16(19-24)14-8-6-13(7-9-14)11-20-17(22)15(25-18(20)23)10-12-4-2-1-3-5-12/h1-9,15,24H,10-11H2,(H,19,21). The number of hydrogen-bond donors (Lipinski definition) is 2. The molecule has 7 heteroatoms. The van der Waals surface area contributed by atoms with Gasteiger partial charge in [0.25, 0.3) is 11.1 Å². The van der Waals surface area contributed by atoms with Crippen molar-refractivity contribution in [2.75, 3.05) is 0 Å². The molecule has 0 bridgehead atoms. The van der Waals surface area contributed by atoms with Crippen LogP contribution in [0.1, 0.15) is 21.5 Å². The van der Waals surface area contributed by atoms with Gasteiger partial charge in [-0.3, -0.25) is 24.5 Å². The van der Waals surface area contributed by atoms with Crippen molar-refractivity contribution in [1.29, 1.82) is 0 Å². The van der Waals surface area contributed by atoms with Crippen LogP contribution in [0.5, 0.6) is 0 Å². The Labute approximate surface area is 148 Å². The van der Waals surface area contributed by atoms with Crippen molar-refractivity contribution in [2.45, 2.75) is 18.2 Å². The molecule has 2 N–H and O–H groups in total. The molecule has 1 aliphatic heterocycles. The van der Waals surface area contributed by atoms with Gasteiger partial charge >= 0.3 is 0 Å². The Balaban J connectivity index is 1.67. The van der Waals surface area contributed by atoms with Gasteiger partial charge in [-0.05, 0) is 29.7 Å². The summed E-state index contributed by atoms with van der Waals surface area (Å²) in [6.45, 7) is 0.164. The summed E-state index contributed by atoms with van der Waals surface area (Å²) < 4.78 is 0. The Bertz CT molecular complexity index is 792. The van der Waals surface area contributed by atoms with Crippen molar-refractivity contribution in [2.24, 2.45) is 0 Å². The smallest absolute Gasteiger partial charge is 0.288 e. The molecule has 0 aromatic heterocycles. The van der Waals surface area contributed by atoms with E-state index in [0.717, 1.165) is 22.9 Å². The highest BCUT2D eigenvalue weighted by Gasteiger charge is 2.39. The molecule has 0 saturated carbocycles. The molecule has 1 atom stereocenters. The minimum absolute atomic E-state index is 0.164. The van der Waals surface area contributed by atoms with Crippen molar-refractivity contribution in [3.63, 3.8) is 0 Å². The summed E-state index contributed by atoms with van der Waals surface area (Å²) in [4.78, 5) is 37.3. The van der Waals surface area contributed by atoms with Gasteiger partial charge in [0.2, 0.25) is 5.91 Å². The summed E-state index contributed by atoms with van der Waals surface area (Å²) in [7, 11) is 0. The summed E-state index contributed by atoms with van der Waals surface area (Å²) in [5, 5.41) is 7.94. The molecule has 2 aromatic rings. The highest BCUT2D eigenvalue weighted by Crippen LogP contribution is 2.30. The number of carbonyl (C=O) groups is 3. The van der Waals surface area contributed by atoms with E-state index in [1.165, 1.54) is 17.0 Å². The minimum Gasteiger partial charge on any atom is -0.288 e. The lowest BCUT2D eigenvalue weighted by atomic mass is 10.1. The molecular formula is C18H16N2O4S. The summed E-state index contributed by atoms with van der Waals surface area (Å²) in [6.07, 6.45) is 0.516. The van der Waals surface area contributed by atoms with Crippen LogP contribution in [0, 0.1) is 0 Å². The molecule has 3 amide bonds. The van der Waals surface area contributed by atoms with Gasteiger partial charge in [0.05, 0.1) is 11.8 Å². The minimum atomic E-state index is -0.613. The molecule has 0 radical (unpaired) electrons. The molecule has 1 saturated heterocycles. The van der Waals surface area contributed by atoms with Gasteiger partial charge < -0.3 is 0 Å². The third-order valence-corrected chi connectivity index (χ3v) is 5.00. The first kappa shape index (κ1) is 17.2. The second kappa shape index (κ2) is 7.50. The number of imide groups is 1. The average Bonchev–Trinajstić information content (AvgIpc) is 2.90. The molecule has 25 heavy (non-hydrogen) atoms. The first-order valence-electron chi connectivity index (χ1n) is 7.68. The molecule has 0 aliphatic carbocycles. The van der Waals surface area contributed by atoms with Crippen LogP contribution in [-0.2, 0) is 17.8 Å². The summed E-state index contributed by atoms with van der Waals surface area (Å²) in [5.41, 5.74) is 3.60. The number of benzene rings is 2. The lowest BCUT2D eigenvalue weighted by molar-refractivity contribution is -0.127. The number of carbonyl (C=O) groups excluding carboxylic acids is 3. The van der Waals surface area contributed by atoms with Crippen LogP contribution in [0.2, 0.25) is 0 Å². The largest absolute Gasteiger partial charge is 0.289 e. The fourth-order valence-electron chi connectivity index (χ4n) is 2.61. The first-order chi connectivity index (χ1) is 12.1. The van der Waals surface area contributed by atoms with Gasteiger partial charge in [-0.1, -0.05) is 54.2 Å². The van der Waals surface area contributed by atoms with Crippen LogP contribution in [0.4, 0.5) is 4.79 Å². The number of thioether (sulfide) groups is 1. The van der Waals surface area contributed by atoms with Crippen LogP contribution < -0.4 is 5.48 Å². The predicted molar refractivity (Wildman–Crippen MR) is 93.2 cm³/mol. The topological polar surface area (TPSA) is 86.7 Å². The zero-order valence-electron chi connectivity index (χ0n) is 13.2. The third-order valence-electron chi connectivity index (χ3n) is 3.93. The third kappa shape index (κ3) is 3.89. The molecule has 1 fully saturated rings. The van der Waals surface area contributed by atoms with Crippen molar-refractivity contribution in [3.8, 4) is 0 Å². The number of hydroxylamine groups is 1. The maximum absolute atomic E-state index is 12.5. The molecule has 1 heterocycles. The number of nitrogens with zero attached hydrogens (tertiary/aromatic N) is 1. The van der Waals surface area contributed by atoms with E-state index in [2.05, 4.69) is 0 Å². The molecule has 6 nitrogen and oxygen atoms in total. The SMILES string of the molecule is O=C(NO)c1ccc(CN2C(=O)SC(Cc3ccccc3)C2=O)cc1. The van der Waals surface area contributed by atoms with Gasteiger partial charge in [0.15, 0.2) is 0 Å². The lowest BCUT2D eigenvalue weighted by Crippen LogP contribution is -2.31. The highest BCUT2D eigenvalue weighted by atomic mass is 32.2. The summed E-state index contributed by atoms with van der Waals surface area (Å²) in [6, 6.07) is 16.0.